The normalized spacial score (nSPS) is 19.1. The number of para-hydroxylation sites is 1. The highest BCUT2D eigenvalue weighted by Gasteiger charge is 2.31. The van der Waals surface area contributed by atoms with Crippen LogP contribution in [-0.4, -0.2) is 30.6 Å². The summed E-state index contributed by atoms with van der Waals surface area (Å²) >= 11 is 0. The van der Waals surface area contributed by atoms with Gasteiger partial charge in [-0.1, -0.05) is 18.2 Å². The second-order valence-electron chi connectivity index (χ2n) is 5.34. The summed E-state index contributed by atoms with van der Waals surface area (Å²) < 4.78 is 0. The highest BCUT2D eigenvalue weighted by atomic mass is 15.2. The molecule has 2 rings (SSSR count). The van der Waals surface area contributed by atoms with E-state index in [4.69, 9.17) is 0 Å². The van der Waals surface area contributed by atoms with E-state index in [1.54, 1.807) is 0 Å². The van der Waals surface area contributed by atoms with E-state index in [0.717, 1.165) is 18.5 Å². The molecule has 2 nitrogen and oxygen atoms in total. The Morgan fingerprint density at radius 2 is 1.88 bits per heavy atom. The monoisotopic (exact) mass is 232 g/mol. The number of anilines is 1. The minimum atomic E-state index is 0.575. The van der Waals surface area contributed by atoms with E-state index in [0.29, 0.717) is 6.04 Å². The summed E-state index contributed by atoms with van der Waals surface area (Å²) in [6.07, 6.45) is 2.84. The lowest BCUT2D eigenvalue weighted by molar-refractivity contribution is 0.185. The Bertz CT molecular complexity index is 332. The maximum absolute atomic E-state index is 3.50. The van der Waals surface area contributed by atoms with Crippen molar-refractivity contribution in [2.75, 3.05) is 18.9 Å². The van der Waals surface area contributed by atoms with Crippen LogP contribution in [0.25, 0.3) is 0 Å². The van der Waals surface area contributed by atoms with Crippen molar-refractivity contribution in [2.45, 2.75) is 38.8 Å². The van der Waals surface area contributed by atoms with E-state index >= 15 is 0 Å². The first kappa shape index (κ1) is 12.4. The van der Waals surface area contributed by atoms with Gasteiger partial charge >= 0.3 is 0 Å². The summed E-state index contributed by atoms with van der Waals surface area (Å²) in [5, 5.41) is 3.50. The molecule has 1 aromatic rings. The second kappa shape index (κ2) is 5.54. The average Bonchev–Trinajstić information content (AvgIpc) is 3.19. The van der Waals surface area contributed by atoms with Crippen LogP contribution in [0.3, 0.4) is 0 Å². The molecule has 2 unspecified atom stereocenters. The van der Waals surface area contributed by atoms with Crippen molar-refractivity contribution >= 4 is 5.69 Å². The van der Waals surface area contributed by atoms with Crippen molar-refractivity contribution in [2.24, 2.45) is 5.92 Å². The van der Waals surface area contributed by atoms with Crippen LogP contribution in [0, 0.1) is 5.92 Å². The fourth-order valence-electron chi connectivity index (χ4n) is 2.28. The number of hydrogen-bond acceptors (Lipinski definition) is 2. The van der Waals surface area contributed by atoms with E-state index in [2.05, 4.69) is 61.4 Å². The van der Waals surface area contributed by atoms with E-state index in [-0.39, 0.29) is 0 Å². The largest absolute Gasteiger partial charge is 0.383 e. The minimum absolute atomic E-state index is 0.575. The number of benzene rings is 1. The molecule has 0 spiro atoms. The van der Waals surface area contributed by atoms with E-state index in [1.165, 1.54) is 18.5 Å². The Hall–Kier alpha value is -1.02. The molecule has 0 saturated heterocycles. The van der Waals surface area contributed by atoms with Gasteiger partial charge in [-0.05, 0) is 51.8 Å². The molecule has 1 aliphatic carbocycles. The molecular formula is C15H24N2. The number of rotatable bonds is 6. The van der Waals surface area contributed by atoms with Gasteiger partial charge in [0, 0.05) is 24.3 Å². The molecule has 1 N–H and O–H groups in total. The van der Waals surface area contributed by atoms with E-state index in [9.17, 15) is 0 Å². The number of hydrogen-bond donors (Lipinski definition) is 1. The zero-order valence-corrected chi connectivity index (χ0v) is 11.2. The lowest BCUT2D eigenvalue weighted by Crippen LogP contribution is -2.41. The molecule has 0 amide bonds. The molecular weight excluding hydrogens is 208 g/mol. The Labute approximate surface area is 105 Å². The first-order valence-corrected chi connectivity index (χ1v) is 6.69. The maximum atomic E-state index is 3.50. The van der Waals surface area contributed by atoms with Gasteiger partial charge in [0.15, 0.2) is 0 Å². The van der Waals surface area contributed by atoms with Crippen LogP contribution in [0.1, 0.15) is 26.7 Å². The van der Waals surface area contributed by atoms with Gasteiger partial charge in [0.2, 0.25) is 0 Å². The molecule has 2 atom stereocenters. The molecule has 1 aliphatic rings. The highest BCUT2D eigenvalue weighted by molar-refractivity contribution is 5.42. The predicted molar refractivity (Wildman–Crippen MR) is 74.3 cm³/mol. The first-order chi connectivity index (χ1) is 8.18. The second-order valence-corrected chi connectivity index (χ2v) is 5.34. The summed E-state index contributed by atoms with van der Waals surface area (Å²) in [5.74, 6) is 0.944. The lowest BCUT2D eigenvalue weighted by Gasteiger charge is -2.31. The van der Waals surface area contributed by atoms with Crippen LogP contribution >= 0.6 is 0 Å². The van der Waals surface area contributed by atoms with Gasteiger partial charge in [-0.2, -0.15) is 0 Å². The zero-order chi connectivity index (χ0) is 12.3. The molecule has 1 aromatic carbocycles. The lowest BCUT2D eigenvalue weighted by atomic mass is 10.1. The van der Waals surface area contributed by atoms with Crippen LogP contribution < -0.4 is 5.32 Å². The third-order valence-corrected chi connectivity index (χ3v) is 4.02. The third kappa shape index (κ3) is 3.47. The molecule has 0 aromatic heterocycles. The van der Waals surface area contributed by atoms with Crippen molar-refractivity contribution in [3.05, 3.63) is 30.3 Å². The fraction of sp³-hybridized carbons (Fsp3) is 0.600. The Morgan fingerprint density at radius 1 is 1.24 bits per heavy atom. The Balaban J connectivity index is 1.78. The standard InChI is InChI=1S/C15H24N2/c1-12(17(3)13(2)14-9-10-14)11-16-15-7-5-4-6-8-15/h4-8,12-14,16H,9-11H2,1-3H3. The topological polar surface area (TPSA) is 15.3 Å². The van der Waals surface area contributed by atoms with Crippen molar-refractivity contribution in [1.29, 1.82) is 0 Å². The Kier molecular flexibility index (Phi) is 4.06. The maximum Gasteiger partial charge on any atom is 0.0340 e. The molecule has 94 valence electrons. The van der Waals surface area contributed by atoms with Crippen molar-refractivity contribution in [1.82, 2.24) is 4.90 Å². The zero-order valence-electron chi connectivity index (χ0n) is 11.2. The van der Waals surface area contributed by atoms with Gasteiger partial charge in [0.25, 0.3) is 0 Å². The van der Waals surface area contributed by atoms with Crippen molar-refractivity contribution in [3.8, 4) is 0 Å². The molecule has 0 heterocycles. The van der Waals surface area contributed by atoms with E-state index in [1.807, 2.05) is 0 Å². The quantitative estimate of drug-likeness (QED) is 0.810. The smallest absolute Gasteiger partial charge is 0.0340 e. The summed E-state index contributed by atoms with van der Waals surface area (Å²) in [4.78, 5) is 2.51. The SMILES string of the molecule is CC(CNc1ccccc1)N(C)C(C)C1CC1. The number of nitrogens with zero attached hydrogens (tertiary/aromatic N) is 1. The molecule has 17 heavy (non-hydrogen) atoms. The van der Waals surface area contributed by atoms with E-state index < -0.39 is 0 Å². The Morgan fingerprint density at radius 3 is 2.47 bits per heavy atom. The van der Waals surface area contributed by atoms with Gasteiger partial charge in [0.05, 0.1) is 0 Å². The predicted octanol–water partition coefficient (Wildman–Crippen LogP) is 3.22. The molecule has 1 saturated carbocycles. The van der Waals surface area contributed by atoms with Crippen molar-refractivity contribution in [3.63, 3.8) is 0 Å². The number of nitrogens with one attached hydrogen (secondary N) is 1. The fourth-order valence-corrected chi connectivity index (χ4v) is 2.28. The minimum Gasteiger partial charge on any atom is -0.383 e. The average molecular weight is 232 g/mol. The van der Waals surface area contributed by atoms with Crippen LogP contribution in [0.2, 0.25) is 0 Å². The molecule has 2 heteroatoms. The summed E-state index contributed by atoms with van der Waals surface area (Å²) in [7, 11) is 2.25. The van der Waals surface area contributed by atoms with Gasteiger partial charge in [-0.25, -0.2) is 0 Å². The summed E-state index contributed by atoms with van der Waals surface area (Å²) in [6.45, 7) is 5.67. The van der Waals surface area contributed by atoms with Crippen LogP contribution in [0.5, 0.6) is 0 Å². The number of likely N-dealkylation sites (N-methyl/N-ethyl adjacent to an activating group) is 1. The molecule has 0 radical (unpaired) electrons. The summed E-state index contributed by atoms with van der Waals surface area (Å²) in [6, 6.07) is 11.7. The van der Waals surface area contributed by atoms with Crippen LogP contribution in [0.4, 0.5) is 5.69 Å². The van der Waals surface area contributed by atoms with Gasteiger partial charge < -0.3 is 5.32 Å². The van der Waals surface area contributed by atoms with Crippen LogP contribution in [-0.2, 0) is 0 Å². The first-order valence-electron chi connectivity index (χ1n) is 6.69. The van der Waals surface area contributed by atoms with Gasteiger partial charge in [-0.3, -0.25) is 4.90 Å². The summed E-state index contributed by atoms with van der Waals surface area (Å²) in [5.41, 5.74) is 1.21. The van der Waals surface area contributed by atoms with Crippen molar-refractivity contribution < 1.29 is 0 Å². The molecule has 0 bridgehead atoms. The van der Waals surface area contributed by atoms with Crippen LogP contribution in [0.15, 0.2) is 30.3 Å². The molecule has 0 aliphatic heterocycles. The van der Waals surface area contributed by atoms with Gasteiger partial charge in [-0.15, -0.1) is 0 Å². The molecule has 1 fully saturated rings. The van der Waals surface area contributed by atoms with Gasteiger partial charge in [0.1, 0.15) is 0 Å². The third-order valence-electron chi connectivity index (χ3n) is 4.02. The highest BCUT2D eigenvalue weighted by Crippen LogP contribution is 2.35.